The third-order valence-corrected chi connectivity index (χ3v) is 8.80. The molecule has 0 aliphatic rings. The number of hydrogen-bond donors (Lipinski definition) is 0. The van der Waals surface area contributed by atoms with Gasteiger partial charge in [-0.1, -0.05) is 43.6 Å². The van der Waals surface area contributed by atoms with Crippen LogP contribution < -0.4 is 4.80 Å². The number of benzene rings is 2. The van der Waals surface area contributed by atoms with Crippen molar-refractivity contribution in [3.8, 4) is 11.3 Å². The molecule has 3 rings (SSSR count). The molecule has 1 aromatic heterocycles. The zero-order chi connectivity index (χ0) is 23.5. The molecule has 3 aromatic rings. The number of thiazole rings is 1. The number of hydrogen-bond acceptors (Lipinski definition) is 4. The van der Waals surface area contributed by atoms with E-state index in [1.165, 1.54) is 21.2 Å². The van der Waals surface area contributed by atoms with Gasteiger partial charge in [-0.15, -0.1) is 28.3 Å². The Labute approximate surface area is 216 Å². The minimum Gasteiger partial charge on any atom is -0.320 e. The molecule has 0 fully saturated rings. The standard InChI is InChI=1S/C24H30ClN3O2S2.BrH/c1-6-13-28(14-7-2)32(29,30)23-15-19(11-12-20(23)25)22-16-31-24(27(22)5)26-21-10-8-9-17(3)18(21)4;/h8-12,15-16H,6-7,13-14H2,1-5H3;1H/b26-24+;. The van der Waals surface area contributed by atoms with Gasteiger partial charge >= 0.3 is 0 Å². The second-order valence-electron chi connectivity index (χ2n) is 7.84. The SMILES string of the molecule is Br.CCCN(CCC)S(=O)(=O)c1cc(-c2cs/c(=N/c3cccc(C)c3C)n2C)ccc1Cl. The molecule has 2 aromatic carbocycles. The van der Waals surface area contributed by atoms with Gasteiger partial charge in [0.15, 0.2) is 4.80 Å². The Morgan fingerprint density at radius 3 is 2.39 bits per heavy atom. The van der Waals surface area contributed by atoms with E-state index in [-0.39, 0.29) is 26.9 Å². The zero-order valence-electron chi connectivity index (χ0n) is 19.6. The molecule has 0 aliphatic carbocycles. The summed E-state index contributed by atoms with van der Waals surface area (Å²) in [5.74, 6) is 0. The van der Waals surface area contributed by atoms with Crippen LogP contribution in [0.3, 0.4) is 0 Å². The molecule has 0 amide bonds. The topological polar surface area (TPSA) is 54.7 Å². The van der Waals surface area contributed by atoms with Gasteiger partial charge in [-0.05, 0) is 56.0 Å². The van der Waals surface area contributed by atoms with Crippen molar-refractivity contribution in [2.24, 2.45) is 12.0 Å². The molecule has 0 atom stereocenters. The lowest BCUT2D eigenvalue weighted by Gasteiger charge is -2.22. The average molecular weight is 573 g/mol. The highest BCUT2D eigenvalue weighted by Crippen LogP contribution is 2.31. The molecule has 0 bridgehead atoms. The van der Waals surface area contributed by atoms with Crippen LogP contribution in [0.5, 0.6) is 0 Å². The lowest BCUT2D eigenvalue weighted by Crippen LogP contribution is -2.32. The predicted octanol–water partition coefficient (Wildman–Crippen LogP) is 6.64. The van der Waals surface area contributed by atoms with E-state index < -0.39 is 10.0 Å². The number of aryl methyl sites for hydroxylation is 1. The van der Waals surface area contributed by atoms with Crippen molar-refractivity contribution in [1.29, 1.82) is 0 Å². The van der Waals surface area contributed by atoms with Crippen molar-refractivity contribution in [3.05, 3.63) is 62.7 Å². The Hall–Kier alpha value is -1.45. The quantitative estimate of drug-likeness (QED) is 0.304. The second kappa shape index (κ2) is 11.8. The molecule has 5 nitrogen and oxygen atoms in total. The lowest BCUT2D eigenvalue weighted by molar-refractivity contribution is 0.410. The predicted molar refractivity (Wildman–Crippen MR) is 145 cm³/mol. The maximum atomic E-state index is 13.3. The van der Waals surface area contributed by atoms with Gasteiger partial charge < -0.3 is 4.57 Å². The number of halogens is 2. The van der Waals surface area contributed by atoms with Crippen LogP contribution in [0, 0.1) is 13.8 Å². The fourth-order valence-electron chi connectivity index (χ4n) is 3.54. The van der Waals surface area contributed by atoms with Crippen molar-refractivity contribution in [3.63, 3.8) is 0 Å². The van der Waals surface area contributed by atoms with Gasteiger partial charge in [-0.25, -0.2) is 13.4 Å². The van der Waals surface area contributed by atoms with Gasteiger partial charge in [0.1, 0.15) is 4.90 Å². The molecule has 0 N–H and O–H groups in total. The molecule has 180 valence electrons. The first-order chi connectivity index (χ1) is 15.2. The van der Waals surface area contributed by atoms with Crippen LogP contribution in [-0.2, 0) is 17.1 Å². The first-order valence-corrected chi connectivity index (χ1v) is 13.5. The largest absolute Gasteiger partial charge is 0.320 e. The van der Waals surface area contributed by atoms with Crippen LogP contribution in [0.1, 0.15) is 37.8 Å². The van der Waals surface area contributed by atoms with Crippen LogP contribution in [0.25, 0.3) is 11.3 Å². The van der Waals surface area contributed by atoms with E-state index >= 15 is 0 Å². The molecule has 0 radical (unpaired) electrons. The van der Waals surface area contributed by atoms with E-state index in [9.17, 15) is 8.42 Å². The normalized spacial score (nSPS) is 12.3. The summed E-state index contributed by atoms with van der Waals surface area (Å²) >= 11 is 7.89. The smallest absolute Gasteiger partial charge is 0.244 e. The maximum Gasteiger partial charge on any atom is 0.244 e. The zero-order valence-corrected chi connectivity index (χ0v) is 23.7. The molecular formula is C24H31BrClN3O2S2. The van der Waals surface area contributed by atoms with Crippen LogP contribution in [0.15, 0.2) is 51.7 Å². The minimum atomic E-state index is -3.68. The Balaban J connectivity index is 0.00000385. The highest BCUT2D eigenvalue weighted by Gasteiger charge is 2.26. The van der Waals surface area contributed by atoms with Gasteiger partial charge in [0.25, 0.3) is 0 Å². The Morgan fingerprint density at radius 1 is 1.09 bits per heavy atom. The first kappa shape index (κ1) is 27.8. The summed E-state index contributed by atoms with van der Waals surface area (Å²) < 4.78 is 30.2. The van der Waals surface area contributed by atoms with Gasteiger partial charge in [0.2, 0.25) is 10.0 Å². The molecular weight excluding hydrogens is 542 g/mol. The summed E-state index contributed by atoms with van der Waals surface area (Å²) in [5.41, 5.74) is 4.96. The van der Waals surface area contributed by atoms with E-state index in [0.29, 0.717) is 13.1 Å². The van der Waals surface area contributed by atoms with E-state index in [1.807, 2.05) is 49.0 Å². The summed E-state index contributed by atoms with van der Waals surface area (Å²) in [6.45, 7) is 9.04. The molecule has 0 aliphatic heterocycles. The Morgan fingerprint density at radius 2 is 1.76 bits per heavy atom. The lowest BCUT2D eigenvalue weighted by atomic mass is 10.1. The average Bonchev–Trinajstić information content (AvgIpc) is 3.11. The van der Waals surface area contributed by atoms with Crippen LogP contribution in [0.2, 0.25) is 5.02 Å². The van der Waals surface area contributed by atoms with Gasteiger partial charge in [-0.2, -0.15) is 4.31 Å². The van der Waals surface area contributed by atoms with Gasteiger partial charge in [-0.3, -0.25) is 0 Å². The van der Waals surface area contributed by atoms with Gasteiger partial charge in [0, 0.05) is 31.1 Å². The summed E-state index contributed by atoms with van der Waals surface area (Å²) in [6.07, 6.45) is 1.50. The number of sulfonamides is 1. The fraction of sp³-hybridized carbons (Fsp3) is 0.375. The molecule has 0 unspecified atom stereocenters. The van der Waals surface area contributed by atoms with Crippen molar-refractivity contribution in [1.82, 2.24) is 8.87 Å². The summed E-state index contributed by atoms with van der Waals surface area (Å²) in [6, 6.07) is 11.3. The number of aromatic nitrogens is 1. The van der Waals surface area contributed by atoms with Crippen LogP contribution in [-0.4, -0.2) is 30.4 Å². The van der Waals surface area contributed by atoms with Crippen molar-refractivity contribution >= 4 is 55.6 Å². The van der Waals surface area contributed by atoms with E-state index in [2.05, 4.69) is 19.9 Å². The van der Waals surface area contributed by atoms with Crippen LogP contribution >= 0.6 is 39.9 Å². The highest BCUT2D eigenvalue weighted by atomic mass is 79.9. The van der Waals surface area contributed by atoms with Crippen molar-refractivity contribution < 1.29 is 8.42 Å². The minimum absolute atomic E-state index is 0. The molecule has 9 heteroatoms. The van der Waals surface area contributed by atoms with E-state index in [4.69, 9.17) is 16.6 Å². The fourth-order valence-corrected chi connectivity index (χ4v) is 6.59. The monoisotopic (exact) mass is 571 g/mol. The highest BCUT2D eigenvalue weighted by molar-refractivity contribution is 8.93. The molecule has 1 heterocycles. The van der Waals surface area contributed by atoms with Crippen molar-refractivity contribution in [2.45, 2.75) is 45.4 Å². The van der Waals surface area contributed by atoms with Gasteiger partial charge in [0.05, 0.1) is 16.4 Å². The number of rotatable bonds is 8. The van der Waals surface area contributed by atoms with E-state index in [1.54, 1.807) is 12.1 Å². The van der Waals surface area contributed by atoms with E-state index in [0.717, 1.165) is 40.2 Å². The van der Waals surface area contributed by atoms with Crippen LogP contribution in [0.4, 0.5) is 5.69 Å². The van der Waals surface area contributed by atoms with Crippen molar-refractivity contribution in [2.75, 3.05) is 13.1 Å². The molecule has 0 spiro atoms. The number of nitrogens with zero attached hydrogens (tertiary/aromatic N) is 3. The Bertz CT molecular complexity index is 1280. The molecule has 0 saturated carbocycles. The molecule has 33 heavy (non-hydrogen) atoms. The maximum absolute atomic E-state index is 13.3. The third kappa shape index (κ3) is 5.98. The molecule has 0 saturated heterocycles. The summed E-state index contributed by atoms with van der Waals surface area (Å²) in [7, 11) is -1.74. The third-order valence-electron chi connectivity index (χ3n) is 5.51. The summed E-state index contributed by atoms with van der Waals surface area (Å²) in [4.78, 5) is 5.83. The Kier molecular flexibility index (Phi) is 9.94. The summed E-state index contributed by atoms with van der Waals surface area (Å²) in [5, 5.41) is 2.24. The second-order valence-corrected chi connectivity index (χ2v) is 11.0. The first-order valence-electron chi connectivity index (χ1n) is 10.8.